The summed E-state index contributed by atoms with van der Waals surface area (Å²) in [5.41, 5.74) is 5.06. The average molecular weight is 415 g/mol. The predicted octanol–water partition coefficient (Wildman–Crippen LogP) is 3.00. The highest BCUT2D eigenvalue weighted by Crippen LogP contribution is 2.30. The van der Waals surface area contributed by atoms with Gasteiger partial charge in [-0.2, -0.15) is 0 Å². The molecule has 0 radical (unpaired) electrons. The van der Waals surface area contributed by atoms with E-state index in [0.29, 0.717) is 17.3 Å². The van der Waals surface area contributed by atoms with Crippen LogP contribution in [0.5, 0.6) is 0 Å². The SMILES string of the molecule is Cc1ccc(Cl)cc1NC(=O)C(=O)NC[C@H](c1ccc2c(c1)CCN2C)N(C)C. The minimum atomic E-state index is -0.705. The summed E-state index contributed by atoms with van der Waals surface area (Å²) in [6.07, 6.45) is 1.02. The third kappa shape index (κ3) is 4.89. The molecule has 0 saturated heterocycles. The second kappa shape index (κ2) is 8.84. The second-order valence-corrected chi connectivity index (χ2v) is 8.10. The van der Waals surface area contributed by atoms with Crippen molar-refractivity contribution in [3.8, 4) is 0 Å². The maximum absolute atomic E-state index is 12.4. The first kappa shape index (κ1) is 21.1. The van der Waals surface area contributed by atoms with Crippen LogP contribution in [0.2, 0.25) is 5.02 Å². The van der Waals surface area contributed by atoms with E-state index in [2.05, 4.69) is 40.8 Å². The van der Waals surface area contributed by atoms with Crippen molar-refractivity contribution >= 4 is 34.8 Å². The standard InChI is InChI=1S/C22H27ClN4O2/c1-14-5-7-17(23)12-18(14)25-22(29)21(28)24-13-20(26(2)3)15-6-8-19-16(11-15)9-10-27(19)4/h5-8,11-12,20H,9-10,13H2,1-4H3,(H,24,28)(H,25,29)/t20-/m1/s1. The molecule has 1 aliphatic rings. The smallest absolute Gasteiger partial charge is 0.313 e. The van der Waals surface area contributed by atoms with Crippen LogP contribution in [0.25, 0.3) is 0 Å². The van der Waals surface area contributed by atoms with E-state index in [0.717, 1.165) is 24.1 Å². The Kier molecular flexibility index (Phi) is 6.45. The molecule has 0 aliphatic carbocycles. The first-order chi connectivity index (χ1) is 13.8. The van der Waals surface area contributed by atoms with Crippen LogP contribution >= 0.6 is 11.6 Å². The molecule has 1 heterocycles. The maximum atomic E-state index is 12.4. The minimum absolute atomic E-state index is 0.0316. The summed E-state index contributed by atoms with van der Waals surface area (Å²) in [6.45, 7) is 3.20. The number of anilines is 2. The van der Waals surface area contributed by atoms with Gasteiger partial charge in [0.2, 0.25) is 0 Å². The molecule has 0 spiro atoms. The van der Waals surface area contributed by atoms with E-state index in [4.69, 9.17) is 11.6 Å². The lowest BCUT2D eigenvalue weighted by molar-refractivity contribution is -0.136. The van der Waals surface area contributed by atoms with Gasteiger partial charge in [-0.05, 0) is 62.3 Å². The first-order valence-electron chi connectivity index (χ1n) is 9.62. The highest BCUT2D eigenvalue weighted by atomic mass is 35.5. The topological polar surface area (TPSA) is 64.7 Å². The summed E-state index contributed by atoms with van der Waals surface area (Å²) in [5, 5.41) is 5.89. The largest absolute Gasteiger partial charge is 0.374 e. The number of carbonyl (C=O) groups is 2. The van der Waals surface area contributed by atoms with Gasteiger partial charge < -0.3 is 20.4 Å². The van der Waals surface area contributed by atoms with E-state index in [1.807, 2.05) is 25.9 Å². The van der Waals surface area contributed by atoms with Crippen molar-refractivity contribution in [3.63, 3.8) is 0 Å². The van der Waals surface area contributed by atoms with Crippen LogP contribution in [0.1, 0.15) is 22.7 Å². The Morgan fingerprint density at radius 1 is 1.17 bits per heavy atom. The van der Waals surface area contributed by atoms with E-state index in [1.165, 1.54) is 11.3 Å². The molecule has 2 aromatic carbocycles. The number of hydrogen-bond donors (Lipinski definition) is 2. The fourth-order valence-electron chi connectivity index (χ4n) is 3.57. The minimum Gasteiger partial charge on any atom is -0.374 e. The lowest BCUT2D eigenvalue weighted by atomic mass is 10.0. The van der Waals surface area contributed by atoms with Crippen LogP contribution in [-0.4, -0.2) is 50.9 Å². The maximum Gasteiger partial charge on any atom is 0.313 e. The molecule has 6 nitrogen and oxygen atoms in total. The Labute approximate surface area is 176 Å². The van der Waals surface area contributed by atoms with Crippen LogP contribution in [0.15, 0.2) is 36.4 Å². The van der Waals surface area contributed by atoms with E-state index in [-0.39, 0.29) is 6.04 Å². The molecule has 3 rings (SSSR count). The number of nitrogens with one attached hydrogen (secondary N) is 2. The van der Waals surface area contributed by atoms with Gasteiger partial charge in [-0.15, -0.1) is 0 Å². The Morgan fingerprint density at radius 3 is 2.66 bits per heavy atom. The normalized spacial score (nSPS) is 13.9. The van der Waals surface area contributed by atoms with Gasteiger partial charge in [-0.3, -0.25) is 9.59 Å². The number of fused-ring (bicyclic) bond motifs is 1. The van der Waals surface area contributed by atoms with Gasteiger partial charge in [0.05, 0.1) is 6.04 Å². The van der Waals surface area contributed by atoms with E-state index in [1.54, 1.807) is 18.2 Å². The molecule has 2 N–H and O–H groups in total. The van der Waals surface area contributed by atoms with Crippen LogP contribution < -0.4 is 15.5 Å². The fourth-order valence-corrected chi connectivity index (χ4v) is 3.74. The molecular formula is C22H27ClN4O2. The van der Waals surface area contributed by atoms with Gasteiger partial charge in [-0.25, -0.2) is 0 Å². The zero-order valence-corrected chi connectivity index (χ0v) is 18.0. The van der Waals surface area contributed by atoms with Crippen LogP contribution in [0.3, 0.4) is 0 Å². The van der Waals surface area contributed by atoms with Gasteiger partial charge in [0.15, 0.2) is 0 Å². The van der Waals surface area contributed by atoms with Crippen molar-refractivity contribution in [1.29, 1.82) is 0 Å². The molecule has 29 heavy (non-hydrogen) atoms. The number of halogens is 1. The molecule has 154 valence electrons. The van der Waals surface area contributed by atoms with Crippen LogP contribution in [0, 0.1) is 6.92 Å². The number of carbonyl (C=O) groups excluding carboxylic acids is 2. The molecule has 2 aromatic rings. The second-order valence-electron chi connectivity index (χ2n) is 7.66. The molecule has 0 bridgehead atoms. The van der Waals surface area contributed by atoms with Crippen molar-refractivity contribution in [2.45, 2.75) is 19.4 Å². The third-order valence-electron chi connectivity index (χ3n) is 5.35. The van der Waals surface area contributed by atoms with E-state index >= 15 is 0 Å². The summed E-state index contributed by atoms with van der Waals surface area (Å²) < 4.78 is 0. The Morgan fingerprint density at radius 2 is 1.93 bits per heavy atom. The monoisotopic (exact) mass is 414 g/mol. The lowest BCUT2D eigenvalue weighted by Crippen LogP contribution is -2.40. The van der Waals surface area contributed by atoms with Crippen molar-refractivity contribution in [1.82, 2.24) is 10.2 Å². The number of rotatable bonds is 5. The summed E-state index contributed by atoms with van der Waals surface area (Å²) in [7, 11) is 6.02. The molecular weight excluding hydrogens is 388 g/mol. The number of nitrogens with zero attached hydrogens (tertiary/aromatic N) is 2. The molecule has 0 aromatic heterocycles. The number of aryl methyl sites for hydroxylation is 1. The van der Waals surface area contributed by atoms with Gasteiger partial charge in [0, 0.05) is 36.5 Å². The van der Waals surface area contributed by atoms with Gasteiger partial charge >= 0.3 is 11.8 Å². The summed E-state index contributed by atoms with van der Waals surface area (Å²) in [6, 6.07) is 11.6. The van der Waals surface area contributed by atoms with E-state index in [9.17, 15) is 9.59 Å². The molecule has 0 unspecified atom stereocenters. The van der Waals surface area contributed by atoms with Crippen LogP contribution in [-0.2, 0) is 16.0 Å². The molecule has 1 atom stereocenters. The molecule has 7 heteroatoms. The highest BCUT2D eigenvalue weighted by molar-refractivity contribution is 6.40. The Bertz CT molecular complexity index is 929. The first-order valence-corrected chi connectivity index (χ1v) is 9.99. The Hall–Kier alpha value is -2.57. The summed E-state index contributed by atoms with van der Waals surface area (Å²) in [5.74, 6) is -1.37. The average Bonchev–Trinajstić information content (AvgIpc) is 3.05. The molecule has 2 amide bonds. The van der Waals surface area contributed by atoms with E-state index < -0.39 is 11.8 Å². The van der Waals surface area contributed by atoms with Crippen molar-refractivity contribution < 1.29 is 9.59 Å². The summed E-state index contributed by atoms with van der Waals surface area (Å²) >= 11 is 5.97. The number of benzene rings is 2. The molecule has 1 aliphatic heterocycles. The Balaban J connectivity index is 1.65. The van der Waals surface area contributed by atoms with Gasteiger partial charge in [0.1, 0.15) is 0 Å². The van der Waals surface area contributed by atoms with Crippen molar-refractivity contribution in [2.24, 2.45) is 0 Å². The van der Waals surface area contributed by atoms with Gasteiger partial charge in [0.25, 0.3) is 0 Å². The van der Waals surface area contributed by atoms with Gasteiger partial charge in [-0.1, -0.05) is 29.8 Å². The molecule has 0 fully saturated rings. The highest BCUT2D eigenvalue weighted by Gasteiger charge is 2.22. The zero-order chi connectivity index (χ0) is 21.1. The van der Waals surface area contributed by atoms with Crippen LogP contribution in [0.4, 0.5) is 11.4 Å². The number of likely N-dealkylation sites (N-methyl/N-ethyl adjacent to an activating group) is 2. The van der Waals surface area contributed by atoms with Crippen molar-refractivity contribution in [2.75, 3.05) is 44.4 Å². The predicted molar refractivity (Wildman–Crippen MR) is 118 cm³/mol. The lowest BCUT2D eigenvalue weighted by Gasteiger charge is -2.26. The zero-order valence-electron chi connectivity index (χ0n) is 17.3. The number of amides is 2. The quantitative estimate of drug-likeness (QED) is 0.738. The third-order valence-corrected chi connectivity index (χ3v) is 5.58. The fraction of sp³-hybridized carbons (Fsp3) is 0.364. The molecule has 0 saturated carbocycles. The number of hydrogen-bond acceptors (Lipinski definition) is 4. The summed E-state index contributed by atoms with van der Waals surface area (Å²) in [4.78, 5) is 28.9. The van der Waals surface area contributed by atoms with Crippen molar-refractivity contribution in [3.05, 3.63) is 58.1 Å².